The van der Waals surface area contributed by atoms with Crippen LogP contribution in [0.1, 0.15) is 30.4 Å². The van der Waals surface area contributed by atoms with Crippen molar-refractivity contribution >= 4 is 5.82 Å². The predicted molar refractivity (Wildman–Crippen MR) is 88.0 cm³/mol. The molecule has 8 heteroatoms. The summed E-state index contributed by atoms with van der Waals surface area (Å²) in [7, 11) is 0. The van der Waals surface area contributed by atoms with Crippen LogP contribution in [0.4, 0.5) is 5.82 Å². The topological polar surface area (TPSA) is 98.6 Å². The van der Waals surface area contributed by atoms with Gasteiger partial charge in [0.15, 0.2) is 5.82 Å². The van der Waals surface area contributed by atoms with E-state index >= 15 is 0 Å². The van der Waals surface area contributed by atoms with Crippen LogP contribution in [0.15, 0.2) is 42.5 Å². The minimum absolute atomic E-state index is 0.221. The van der Waals surface area contributed by atoms with Crippen LogP contribution in [0.5, 0.6) is 0 Å². The highest BCUT2D eigenvalue weighted by Crippen LogP contribution is 2.31. The van der Waals surface area contributed by atoms with Crippen LogP contribution in [-0.4, -0.2) is 41.8 Å². The average molecular weight is 322 g/mol. The maximum absolute atomic E-state index is 5.64. The lowest BCUT2D eigenvalue weighted by Crippen LogP contribution is -2.25. The van der Waals surface area contributed by atoms with Gasteiger partial charge in [0, 0.05) is 0 Å². The first-order valence-corrected chi connectivity index (χ1v) is 7.97. The summed E-state index contributed by atoms with van der Waals surface area (Å²) >= 11 is 0. The molecular weight excluding hydrogens is 304 g/mol. The van der Waals surface area contributed by atoms with Gasteiger partial charge in [-0.05, 0) is 54.1 Å². The first kappa shape index (κ1) is 14.7. The molecule has 122 valence electrons. The molecule has 24 heavy (non-hydrogen) atoms. The second-order valence-electron chi connectivity index (χ2n) is 5.85. The average Bonchev–Trinajstić information content (AvgIpc) is 3.26. The number of nitrogens with zero attached hydrogens (tertiary/aromatic N) is 7. The second kappa shape index (κ2) is 6.32. The van der Waals surface area contributed by atoms with E-state index < -0.39 is 0 Å². The molecule has 1 atom stereocenters. The van der Waals surface area contributed by atoms with E-state index in [9.17, 15) is 0 Å². The monoisotopic (exact) mass is 322 g/mol. The molecule has 0 saturated carbocycles. The molecule has 3 heterocycles. The standard InChI is InChI=1S/C16H18N8/c17-15-9-8-13(18-19-15)14-7-4-10-23(14)11-16-20-21-22-24(16)12-5-2-1-3-6-12/h1-3,5-6,8-9,14H,4,7,10-11H2,(H2,17,19). The molecule has 0 aliphatic carbocycles. The van der Waals surface area contributed by atoms with Crippen molar-refractivity contribution in [3.63, 3.8) is 0 Å². The lowest BCUT2D eigenvalue weighted by atomic mass is 10.1. The molecule has 1 aromatic carbocycles. The third kappa shape index (κ3) is 2.83. The van der Waals surface area contributed by atoms with Gasteiger partial charge in [0.2, 0.25) is 0 Å². The highest BCUT2D eigenvalue weighted by atomic mass is 15.5. The quantitative estimate of drug-likeness (QED) is 0.774. The molecule has 8 nitrogen and oxygen atoms in total. The number of nitrogen functional groups attached to an aromatic ring is 1. The number of hydrogen-bond acceptors (Lipinski definition) is 7. The number of nitrogens with two attached hydrogens (primary N) is 1. The Bertz CT molecular complexity index is 798. The molecule has 2 aromatic heterocycles. The van der Waals surface area contributed by atoms with E-state index in [1.807, 2.05) is 36.4 Å². The molecule has 1 unspecified atom stereocenters. The van der Waals surface area contributed by atoms with E-state index in [1.165, 1.54) is 0 Å². The van der Waals surface area contributed by atoms with E-state index in [0.717, 1.165) is 36.6 Å². The summed E-state index contributed by atoms with van der Waals surface area (Å²) in [4.78, 5) is 2.34. The number of aromatic nitrogens is 6. The van der Waals surface area contributed by atoms with Gasteiger partial charge in [0.1, 0.15) is 5.82 Å². The highest BCUT2D eigenvalue weighted by molar-refractivity contribution is 5.30. The normalized spacial score (nSPS) is 18.1. The SMILES string of the molecule is Nc1ccc(C2CCCN2Cc2nnnn2-c2ccccc2)nn1. The van der Waals surface area contributed by atoms with Gasteiger partial charge in [-0.1, -0.05) is 18.2 Å². The lowest BCUT2D eigenvalue weighted by molar-refractivity contribution is 0.235. The Hall–Kier alpha value is -2.87. The highest BCUT2D eigenvalue weighted by Gasteiger charge is 2.29. The summed E-state index contributed by atoms with van der Waals surface area (Å²) in [6.07, 6.45) is 2.16. The first-order chi connectivity index (χ1) is 11.8. The van der Waals surface area contributed by atoms with Gasteiger partial charge >= 0.3 is 0 Å². The van der Waals surface area contributed by atoms with Crippen LogP contribution in [0, 0.1) is 0 Å². The molecule has 1 aliphatic heterocycles. The third-order valence-corrected chi connectivity index (χ3v) is 4.29. The number of anilines is 1. The number of rotatable bonds is 4. The van der Waals surface area contributed by atoms with E-state index in [-0.39, 0.29) is 6.04 Å². The van der Waals surface area contributed by atoms with Crippen molar-refractivity contribution in [1.82, 2.24) is 35.3 Å². The van der Waals surface area contributed by atoms with E-state index in [1.54, 1.807) is 10.7 Å². The molecule has 0 radical (unpaired) electrons. The molecular formula is C16H18N8. The molecule has 2 N–H and O–H groups in total. The number of para-hydroxylation sites is 1. The van der Waals surface area contributed by atoms with Crippen molar-refractivity contribution in [3.8, 4) is 5.69 Å². The smallest absolute Gasteiger partial charge is 0.170 e. The van der Waals surface area contributed by atoms with Gasteiger partial charge in [0.05, 0.1) is 24.0 Å². The van der Waals surface area contributed by atoms with Crippen molar-refractivity contribution in [2.24, 2.45) is 0 Å². The Labute approximate surface area is 139 Å². The molecule has 1 saturated heterocycles. The van der Waals surface area contributed by atoms with Gasteiger partial charge in [-0.15, -0.1) is 10.2 Å². The molecule has 0 bridgehead atoms. The Morgan fingerprint density at radius 2 is 1.92 bits per heavy atom. The van der Waals surface area contributed by atoms with Crippen molar-refractivity contribution < 1.29 is 0 Å². The van der Waals surface area contributed by atoms with Crippen LogP contribution in [-0.2, 0) is 6.54 Å². The Morgan fingerprint density at radius 1 is 1.04 bits per heavy atom. The fraction of sp³-hybridized carbons (Fsp3) is 0.312. The van der Waals surface area contributed by atoms with E-state index in [0.29, 0.717) is 12.4 Å². The minimum atomic E-state index is 0.221. The third-order valence-electron chi connectivity index (χ3n) is 4.29. The van der Waals surface area contributed by atoms with E-state index in [2.05, 4.69) is 30.6 Å². The molecule has 3 aromatic rings. The fourth-order valence-corrected chi connectivity index (χ4v) is 3.14. The lowest BCUT2D eigenvalue weighted by Gasteiger charge is -2.22. The summed E-state index contributed by atoms with van der Waals surface area (Å²) in [6, 6.07) is 13.9. The molecule has 1 aliphatic rings. The van der Waals surface area contributed by atoms with Crippen LogP contribution < -0.4 is 5.73 Å². The van der Waals surface area contributed by atoms with Gasteiger partial charge in [0.25, 0.3) is 0 Å². The van der Waals surface area contributed by atoms with Crippen molar-refractivity contribution in [3.05, 3.63) is 54.0 Å². The zero-order valence-corrected chi connectivity index (χ0v) is 13.2. The Balaban J connectivity index is 1.57. The molecule has 0 spiro atoms. The summed E-state index contributed by atoms with van der Waals surface area (Å²) in [5.74, 6) is 1.26. The van der Waals surface area contributed by atoms with Crippen molar-refractivity contribution in [1.29, 1.82) is 0 Å². The second-order valence-corrected chi connectivity index (χ2v) is 5.85. The van der Waals surface area contributed by atoms with Gasteiger partial charge < -0.3 is 5.73 Å². The van der Waals surface area contributed by atoms with Gasteiger partial charge in [-0.25, -0.2) is 0 Å². The van der Waals surface area contributed by atoms with Gasteiger partial charge in [-0.2, -0.15) is 9.78 Å². The summed E-state index contributed by atoms with van der Waals surface area (Å²) in [5, 5.41) is 20.4. The number of likely N-dealkylation sites (tertiary alicyclic amines) is 1. The Kier molecular flexibility index (Phi) is 3.87. The number of tetrazole rings is 1. The maximum atomic E-state index is 5.64. The first-order valence-electron chi connectivity index (χ1n) is 7.97. The van der Waals surface area contributed by atoms with Crippen LogP contribution in [0.3, 0.4) is 0 Å². The molecule has 4 rings (SSSR count). The van der Waals surface area contributed by atoms with E-state index in [4.69, 9.17) is 5.73 Å². The predicted octanol–water partition coefficient (Wildman–Crippen LogP) is 1.37. The molecule has 0 amide bonds. The minimum Gasteiger partial charge on any atom is -0.382 e. The summed E-state index contributed by atoms with van der Waals surface area (Å²) in [6.45, 7) is 1.65. The van der Waals surface area contributed by atoms with Crippen LogP contribution >= 0.6 is 0 Å². The van der Waals surface area contributed by atoms with Crippen molar-refractivity contribution in [2.45, 2.75) is 25.4 Å². The Morgan fingerprint density at radius 3 is 2.71 bits per heavy atom. The number of benzene rings is 1. The number of hydrogen-bond donors (Lipinski definition) is 1. The van der Waals surface area contributed by atoms with Crippen LogP contribution in [0.25, 0.3) is 5.69 Å². The van der Waals surface area contributed by atoms with Gasteiger partial charge in [-0.3, -0.25) is 4.90 Å². The zero-order chi connectivity index (χ0) is 16.4. The van der Waals surface area contributed by atoms with Crippen LogP contribution in [0.2, 0.25) is 0 Å². The van der Waals surface area contributed by atoms with Crippen molar-refractivity contribution in [2.75, 3.05) is 12.3 Å². The maximum Gasteiger partial charge on any atom is 0.170 e. The summed E-state index contributed by atoms with van der Waals surface area (Å²) < 4.78 is 1.78. The zero-order valence-electron chi connectivity index (χ0n) is 13.2. The molecule has 1 fully saturated rings. The largest absolute Gasteiger partial charge is 0.382 e. The summed E-state index contributed by atoms with van der Waals surface area (Å²) in [5.41, 5.74) is 7.54. The fourth-order valence-electron chi connectivity index (χ4n) is 3.14.